The minimum absolute atomic E-state index is 0.0942. The fourth-order valence-corrected chi connectivity index (χ4v) is 6.51. The first-order chi connectivity index (χ1) is 20.9. The van der Waals surface area contributed by atoms with Gasteiger partial charge in [0.2, 0.25) is 11.7 Å². The van der Waals surface area contributed by atoms with Gasteiger partial charge in [0.15, 0.2) is 11.5 Å². The number of carbonyl (C=O) groups is 2. The van der Waals surface area contributed by atoms with Gasteiger partial charge in [-0.1, -0.05) is 49.7 Å². The van der Waals surface area contributed by atoms with E-state index in [1.54, 1.807) is 21.3 Å². The molecule has 2 atom stereocenters. The number of nitrogens with zero attached hydrogens (tertiary/aromatic N) is 2. The molecule has 0 bridgehead atoms. The fraction of sp³-hybridized carbons (Fsp3) is 0.444. The number of rotatable bonds is 10. The van der Waals surface area contributed by atoms with Crippen LogP contribution in [-0.2, 0) is 17.6 Å². The molecule has 2 amide bonds. The zero-order chi connectivity index (χ0) is 30.3. The van der Waals surface area contributed by atoms with Crippen molar-refractivity contribution in [3.05, 3.63) is 77.4 Å². The van der Waals surface area contributed by atoms with Crippen molar-refractivity contribution in [1.82, 2.24) is 9.80 Å². The van der Waals surface area contributed by atoms with Crippen LogP contribution in [0.5, 0.6) is 17.2 Å². The van der Waals surface area contributed by atoms with E-state index in [1.807, 2.05) is 34.1 Å². The molecule has 3 aromatic carbocycles. The van der Waals surface area contributed by atoms with E-state index in [-0.39, 0.29) is 18.2 Å². The highest BCUT2D eigenvalue weighted by Gasteiger charge is 2.37. The molecule has 0 aromatic heterocycles. The van der Waals surface area contributed by atoms with Crippen LogP contribution in [0, 0.1) is 11.8 Å². The summed E-state index contributed by atoms with van der Waals surface area (Å²) in [7, 11) is 4.72. The molecule has 0 N–H and O–H groups in total. The van der Waals surface area contributed by atoms with Crippen molar-refractivity contribution in [3.63, 3.8) is 0 Å². The average Bonchev–Trinajstić information content (AvgIpc) is 3.36. The lowest BCUT2D eigenvalue weighted by Gasteiger charge is -2.23. The second kappa shape index (κ2) is 14.0. The van der Waals surface area contributed by atoms with Gasteiger partial charge in [0.25, 0.3) is 5.91 Å². The molecule has 2 fully saturated rings. The molecule has 2 aliphatic heterocycles. The Morgan fingerprint density at radius 1 is 0.744 bits per heavy atom. The highest BCUT2D eigenvalue weighted by molar-refractivity contribution is 5.94. The second-order valence-corrected chi connectivity index (χ2v) is 11.8. The summed E-state index contributed by atoms with van der Waals surface area (Å²) in [6, 6.07) is 20.5. The van der Waals surface area contributed by atoms with Crippen molar-refractivity contribution in [2.45, 2.75) is 45.4 Å². The van der Waals surface area contributed by atoms with Gasteiger partial charge < -0.3 is 24.0 Å². The molecular formula is C36H44N2O5. The summed E-state index contributed by atoms with van der Waals surface area (Å²) in [4.78, 5) is 30.7. The standard InChI is InChI=1S/C36H44N2O5/c1-5-6-7-25-8-10-27(11-9-25)28-12-14-29(15-13-28)36(40)37-18-16-30-23-38(24-31(30)17-19-37)34(39)22-26-20-32(41-2)35(43-4)33(21-26)42-3/h8-15,20-21,30-31H,5-7,16-19,22-24H2,1-4H3/t30-,31+. The minimum Gasteiger partial charge on any atom is -0.493 e. The van der Waals surface area contributed by atoms with Crippen LogP contribution in [0.3, 0.4) is 0 Å². The number of fused-ring (bicyclic) bond motifs is 1. The van der Waals surface area contributed by atoms with Crippen LogP contribution in [0.15, 0.2) is 60.7 Å². The van der Waals surface area contributed by atoms with Crippen molar-refractivity contribution in [3.8, 4) is 28.4 Å². The fourth-order valence-electron chi connectivity index (χ4n) is 6.51. The van der Waals surface area contributed by atoms with Crippen LogP contribution in [0.1, 0.15) is 54.1 Å². The molecule has 7 heteroatoms. The van der Waals surface area contributed by atoms with Crippen LogP contribution in [0.2, 0.25) is 0 Å². The first-order valence-corrected chi connectivity index (χ1v) is 15.5. The number of hydrogen-bond acceptors (Lipinski definition) is 5. The molecule has 3 aromatic rings. The first-order valence-electron chi connectivity index (χ1n) is 15.5. The number of unbranched alkanes of at least 4 members (excludes halogenated alkanes) is 1. The maximum atomic E-state index is 13.4. The van der Waals surface area contributed by atoms with Gasteiger partial charge in [-0.3, -0.25) is 9.59 Å². The van der Waals surface area contributed by atoms with E-state index in [4.69, 9.17) is 14.2 Å². The Bertz CT molecular complexity index is 1360. The second-order valence-electron chi connectivity index (χ2n) is 11.8. The number of benzene rings is 3. The molecule has 0 aliphatic carbocycles. The predicted molar refractivity (Wildman–Crippen MR) is 169 cm³/mol. The van der Waals surface area contributed by atoms with Crippen LogP contribution in [-0.4, -0.2) is 69.1 Å². The molecule has 0 saturated carbocycles. The van der Waals surface area contributed by atoms with Gasteiger partial charge in [-0.15, -0.1) is 0 Å². The molecule has 0 unspecified atom stereocenters. The van der Waals surface area contributed by atoms with Crippen LogP contribution in [0.25, 0.3) is 11.1 Å². The van der Waals surface area contributed by atoms with E-state index in [0.717, 1.165) is 62.1 Å². The van der Waals surface area contributed by atoms with Crippen LogP contribution in [0.4, 0.5) is 0 Å². The van der Waals surface area contributed by atoms with Crippen molar-refractivity contribution in [1.29, 1.82) is 0 Å². The monoisotopic (exact) mass is 584 g/mol. The molecule has 228 valence electrons. The summed E-state index contributed by atoms with van der Waals surface area (Å²) in [5.74, 6) is 2.63. The summed E-state index contributed by atoms with van der Waals surface area (Å²) in [5.41, 5.74) is 5.23. The molecule has 5 rings (SSSR count). The lowest BCUT2D eigenvalue weighted by atomic mass is 9.92. The van der Waals surface area contributed by atoms with Gasteiger partial charge in [-0.25, -0.2) is 0 Å². The Balaban J connectivity index is 1.15. The number of likely N-dealkylation sites (tertiary alicyclic amines) is 2. The number of methoxy groups -OCH3 is 3. The molecular weight excluding hydrogens is 540 g/mol. The lowest BCUT2D eigenvalue weighted by Crippen LogP contribution is -2.34. The largest absolute Gasteiger partial charge is 0.493 e. The molecule has 0 spiro atoms. The van der Waals surface area contributed by atoms with E-state index in [1.165, 1.54) is 24.0 Å². The normalized spacial score (nSPS) is 18.1. The summed E-state index contributed by atoms with van der Waals surface area (Å²) in [6.07, 6.45) is 5.62. The van der Waals surface area contributed by atoms with E-state index >= 15 is 0 Å². The van der Waals surface area contributed by atoms with Crippen molar-refractivity contribution in [2.75, 3.05) is 47.5 Å². The molecule has 43 heavy (non-hydrogen) atoms. The van der Waals surface area contributed by atoms with Crippen molar-refractivity contribution in [2.24, 2.45) is 11.8 Å². The maximum absolute atomic E-state index is 13.4. The van der Waals surface area contributed by atoms with Crippen LogP contribution < -0.4 is 14.2 Å². The van der Waals surface area contributed by atoms with Gasteiger partial charge in [-0.2, -0.15) is 0 Å². The topological polar surface area (TPSA) is 68.3 Å². The summed E-state index contributed by atoms with van der Waals surface area (Å²) < 4.78 is 16.3. The average molecular weight is 585 g/mol. The third-order valence-electron chi connectivity index (χ3n) is 9.07. The zero-order valence-electron chi connectivity index (χ0n) is 25.9. The Hall–Kier alpha value is -4.00. The third kappa shape index (κ3) is 6.98. The summed E-state index contributed by atoms with van der Waals surface area (Å²) in [6.45, 7) is 5.13. The molecule has 0 radical (unpaired) electrons. The van der Waals surface area contributed by atoms with Crippen LogP contribution >= 0.6 is 0 Å². The van der Waals surface area contributed by atoms with Gasteiger partial charge in [0.1, 0.15) is 0 Å². The third-order valence-corrected chi connectivity index (χ3v) is 9.07. The lowest BCUT2D eigenvalue weighted by molar-refractivity contribution is -0.129. The molecule has 2 heterocycles. The highest BCUT2D eigenvalue weighted by atomic mass is 16.5. The Morgan fingerprint density at radius 2 is 1.30 bits per heavy atom. The minimum atomic E-state index is 0.0942. The predicted octanol–water partition coefficient (Wildman–Crippen LogP) is 6.28. The number of hydrogen-bond donors (Lipinski definition) is 0. The number of aryl methyl sites for hydroxylation is 1. The van der Waals surface area contributed by atoms with Gasteiger partial charge in [-0.05, 0) is 84.0 Å². The molecule has 2 aliphatic rings. The van der Waals surface area contributed by atoms with Gasteiger partial charge in [0.05, 0.1) is 27.8 Å². The Morgan fingerprint density at radius 3 is 1.81 bits per heavy atom. The van der Waals surface area contributed by atoms with E-state index < -0.39 is 0 Å². The van der Waals surface area contributed by atoms with Crippen molar-refractivity contribution < 1.29 is 23.8 Å². The quantitative estimate of drug-likeness (QED) is 0.281. The first kappa shape index (κ1) is 30.5. The summed E-state index contributed by atoms with van der Waals surface area (Å²) in [5, 5.41) is 0. The summed E-state index contributed by atoms with van der Waals surface area (Å²) >= 11 is 0. The number of carbonyl (C=O) groups excluding carboxylic acids is 2. The van der Waals surface area contributed by atoms with Gasteiger partial charge >= 0.3 is 0 Å². The maximum Gasteiger partial charge on any atom is 0.253 e. The van der Waals surface area contributed by atoms with E-state index in [9.17, 15) is 9.59 Å². The van der Waals surface area contributed by atoms with E-state index in [0.29, 0.717) is 29.1 Å². The van der Waals surface area contributed by atoms with Crippen molar-refractivity contribution >= 4 is 11.8 Å². The highest BCUT2D eigenvalue weighted by Crippen LogP contribution is 2.39. The molecule has 7 nitrogen and oxygen atoms in total. The Labute approximate surface area is 255 Å². The number of amides is 2. The smallest absolute Gasteiger partial charge is 0.253 e. The molecule has 2 saturated heterocycles. The van der Waals surface area contributed by atoms with E-state index in [2.05, 4.69) is 43.3 Å². The number of ether oxygens (including phenoxy) is 3. The Kier molecular flexibility index (Phi) is 9.90. The van der Waals surface area contributed by atoms with Gasteiger partial charge in [0, 0.05) is 31.7 Å². The SMILES string of the molecule is CCCCc1ccc(-c2ccc(C(=O)N3CC[C@@H]4CN(C(=O)Cc5cc(OC)c(OC)c(OC)c5)C[C@@H]4CC3)cc2)cc1. The zero-order valence-corrected chi connectivity index (χ0v) is 25.9.